The Balaban J connectivity index is 1.47. The molecule has 0 fully saturated rings. The Morgan fingerprint density at radius 3 is 2.92 bits per heavy atom. The Morgan fingerprint density at radius 2 is 2.04 bits per heavy atom. The summed E-state index contributed by atoms with van der Waals surface area (Å²) in [6.07, 6.45) is 4.99. The molecule has 3 heterocycles. The maximum atomic E-state index is 12.2. The highest BCUT2D eigenvalue weighted by Crippen LogP contribution is 2.19. The van der Waals surface area contributed by atoms with Gasteiger partial charge in [0.05, 0.1) is 6.04 Å². The summed E-state index contributed by atoms with van der Waals surface area (Å²) in [5.74, 6) is 1.10. The summed E-state index contributed by atoms with van der Waals surface area (Å²) in [5, 5.41) is 12.1. The largest absolute Gasteiger partial charge is 0.457 e. The van der Waals surface area contributed by atoms with Crippen molar-refractivity contribution < 1.29 is 9.21 Å². The van der Waals surface area contributed by atoms with Crippen LogP contribution in [0.15, 0.2) is 65.2 Å². The third-order valence-corrected chi connectivity index (χ3v) is 3.93. The van der Waals surface area contributed by atoms with Gasteiger partial charge in [-0.15, -0.1) is 10.2 Å². The van der Waals surface area contributed by atoms with Gasteiger partial charge in [-0.05, 0) is 37.3 Å². The lowest BCUT2D eigenvalue weighted by Crippen LogP contribution is -2.26. The summed E-state index contributed by atoms with van der Waals surface area (Å²) in [7, 11) is 0. The second kappa shape index (κ2) is 6.24. The smallest absolute Gasteiger partial charge is 0.244 e. The first kappa shape index (κ1) is 15.1. The summed E-state index contributed by atoms with van der Waals surface area (Å²) in [5.41, 5.74) is 1.54. The SMILES string of the molecule is CC(NC(=O)/C=C/c1cc2ccccc2o1)c1nnc2ccccn12. The molecule has 1 aromatic carbocycles. The van der Waals surface area contributed by atoms with Gasteiger partial charge in [0.2, 0.25) is 5.91 Å². The minimum absolute atomic E-state index is 0.222. The van der Waals surface area contributed by atoms with Crippen LogP contribution in [0, 0.1) is 0 Å². The molecule has 25 heavy (non-hydrogen) atoms. The number of nitrogens with zero attached hydrogens (tertiary/aromatic N) is 3. The van der Waals surface area contributed by atoms with Gasteiger partial charge >= 0.3 is 0 Å². The number of hydrogen-bond acceptors (Lipinski definition) is 4. The first-order valence-electron chi connectivity index (χ1n) is 7.97. The molecule has 4 aromatic rings. The van der Waals surface area contributed by atoms with Crippen LogP contribution in [0.25, 0.3) is 22.7 Å². The van der Waals surface area contributed by atoms with E-state index in [4.69, 9.17) is 4.42 Å². The number of amides is 1. The number of carbonyl (C=O) groups is 1. The van der Waals surface area contributed by atoms with Crippen LogP contribution in [0.4, 0.5) is 0 Å². The quantitative estimate of drug-likeness (QED) is 0.582. The fraction of sp³-hybridized carbons (Fsp3) is 0.105. The van der Waals surface area contributed by atoms with Crippen molar-refractivity contribution in [2.75, 3.05) is 0 Å². The summed E-state index contributed by atoms with van der Waals surface area (Å²) >= 11 is 0. The molecule has 0 saturated heterocycles. The van der Waals surface area contributed by atoms with Crippen molar-refractivity contribution in [3.05, 3.63) is 72.4 Å². The first-order chi connectivity index (χ1) is 12.2. The van der Waals surface area contributed by atoms with Crippen molar-refractivity contribution in [1.29, 1.82) is 0 Å². The second-order valence-corrected chi connectivity index (χ2v) is 5.74. The van der Waals surface area contributed by atoms with Crippen molar-refractivity contribution in [3.63, 3.8) is 0 Å². The van der Waals surface area contributed by atoms with E-state index in [1.165, 1.54) is 6.08 Å². The zero-order valence-electron chi connectivity index (χ0n) is 13.6. The molecule has 0 bridgehead atoms. The topological polar surface area (TPSA) is 72.4 Å². The first-order valence-corrected chi connectivity index (χ1v) is 7.97. The number of furan rings is 1. The number of benzene rings is 1. The summed E-state index contributed by atoms with van der Waals surface area (Å²) in [6.45, 7) is 1.87. The van der Waals surface area contributed by atoms with Gasteiger partial charge in [-0.3, -0.25) is 9.20 Å². The van der Waals surface area contributed by atoms with Crippen LogP contribution in [-0.2, 0) is 4.79 Å². The molecular formula is C19H16N4O2. The molecule has 1 N–H and O–H groups in total. The van der Waals surface area contributed by atoms with Crippen molar-refractivity contribution >= 4 is 28.6 Å². The number of aromatic nitrogens is 3. The number of para-hydroxylation sites is 1. The van der Waals surface area contributed by atoms with Gasteiger partial charge in [-0.25, -0.2) is 0 Å². The molecule has 0 radical (unpaired) electrons. The molecular weight excluding hydrogens is 316 g/mol. The van der Waals surface area contributed by atoms with Gasteiger partial charge in [0, 0.05) is 17.7 Å². The molecule has 6 heteroatoms. The van der Waals surface area contributed by atoms with Gasteiger partial charge in [0.15, 0.2) is 11.5 Å². The lowest BCUT2D eigenvalue weighted by molar-refractivity contribution is -0.117. The van der Waals surface area contributed by atoms with E-state index < -0.39 is 0 Å². The zero-order chi connectivity index (χ0) is 17.2. The Hall–Kier alpha value is -3.41. The highest BCUT2D eigenvalue weighted by Gasteiger charge is 2.14. The predicted molar refractivity (Wildman–Crippen MR) is 94.8 cm³/mol. The number of nitrogens with one attached hydrogen (secondary N) is 1. The maximum absolute atomic E-state index is 12.2. The molecule has 0 spiro atoms. The van der Waals surface area contributed by atoms with Crippen LogP contribution in [0.1, 0.15) is 24.6 Å². The predicted octanol–water partition coefficient (Wildman–Crippen LogP) is 3.37. The standard InChI is InChI=1S/C19H16N4O2/c1-13(19-22-21-17-8-4-5-11-23(17)19)20-18(24)10-9-15-12-14-6-2-3-7-16(14)25-15/h2-13H,1H3,(H,20,24)/b10-9+. The van der Waals surface area contributed by atoms with E-state index in [9.17, 15) is 4.79 Å². The lowest BCUT2D eigenvalue weighted by atomic mass is 10.2. The highest BCUT2D eigenvalue weighted by atomic mass is 16.3. The molecule has 0 aliphatic heterocycles. The summed E-state index contributed by atoms with van der Waals surface area (Å²) in [6, 6.07) is 15.0. The van der Waals surface area contributed by atoms with Crippen molar-refractivity contribution in [3.8, 4) is 0 Å². The lowest BCUT2D eigenvalue weighted by Gasteiger charge is -2.10. The van der Waals surface area contributed by atoms with E-state index in [1.807, 2.05) is 66.1 Å². The zero-order valence-corrected chi connectivity index (χ0v) is 13.6. The number of hydrogen-bond donors (Lipinski definition) is 1. The average Bonchev–Trinajstić information content (AvgIpc) is 3.23. The molecule has 0 saturated carbocycles. The molecule has 3 aromatic heterocycles. The van der Waals surface area contributed by atoms with Crippen molar-refractivity contribution in [2.24, 2.45) is 0 Å². The number of fused-ring (bicyclic) bond motifs is 2. The molecule has 4 rings (SSSR count). The highest BCUT2D eigenvalue weighted by molar-refractivity contribution is 5.92. The normalized spacial score (nSPS) is 12.8. The van der Waals surface area contributed by atoms with E-state index in [0.29, 0.717) is 11.6 Å². The Bertz CT molecular complexity index is 1040. The minimum Gasteiger partial charge on any atom is -0.457 e. The minimum atomic E-state index is -0.273. The molecule has 1 atom stereocenters. The van der Waals surface area contributed by atoms with E-state index in [0.717, 1.165) is 16.6 Å². The molecule has 1 unspecified atom stereocenters. The average molecular weight is 332 g/mol. The van der Waals surface area contributed by atoms with E-state index >= 15 is 0 Å². The number of carbonyl (C=O) groups excluding carboxylic acids is 1. The third-order valence-electron chi connectivity index (χ3n) is 3.93. The summed E-state index contributed by atoms with van der Waals surface area (Å²) in [4.78, 5) is 12.2. The van der Waals surface area contributed by atoms with Crippen LogP contribution in [0.2, 0.25) is 0 Å². The Kier molecular flexibility index (Phi) is 3.78. The molecule has 0 aliphatic rings. The van der Waals surface area contributed by atoms with Crippen LogP contribution in [0.3, 0.4) is 0 Å². The fourth-order valence-corrected chi connectivity index (χ4v) is 2.72. The van der Waals surface area contributed by atoms with Crippen LogP contribution in [0.5, 0.6) is 0 Å². The van der Waals surface area contributed by atoms with Crippen molar-refractivity contribution in [2.45, 2.75) is 13.0 Å². The van der Waals surface area contributed by atoms with Gasteiger partial charge in [-0.1, -0.05) is 24.3 Å². The molecule has 124 valence electrons. The Morgan fingerprint density at radius 1 is 1.20 bits per heavy atom. The van der Waals surface area contributed by atoms with Crippen LogP contribution < -0.4 is 5.32 Å². The van der Waals surface area contributed by atoms with Gasteiger partial charge in [0.1, 0.15) is 11.3 Å². The monoisotopic (exact) mass is 332 g/mol. The molecule has 1 amide bonds. The van der Waals surface area contributed by atoms with Gasteiger partial charge in [-0.2, -0.15) is 0 Å². The summed E-state index contributed by atoms with van der Waals surface area (Å²) < 4.78 is 7.52. The number of rotatable bonds is 4. The Labute approximate surface area is 143 Å². The fourth-order valence-electron chi connectivity index (χ4n) is 2.72. The van der Waals surface area contributed by atoms with E-state index in [-0.39, 0.29) is 11.9 Å². The van der Waals surface area contributed by atoms with Gasteiger partial charge < -0.3 is 9.73 Å². The van der Waals surface area contributed by atoms with Crippen LogP contribution >= 0.6 is 0 Å². The molecule has 0 aliphatic carbocycles. The molecule has 6 nitrogen and oxygen atoms in total. The number of pyridine rings is 1. The van der Waals surface area contributed by atoms with Crippen molar-refractivity contribution in [1.82, 2.24) is 19.9 Å². The maximum Gasteiger partial charge on any atom is 0.244 e. The second-order valence-electron chi connectivity index (χ2n) is 5.74. The van der Waals surface area contributed by atoms with Gasteiger partial charge in [0.25, 0.3) is 0 Å². The van der Waals surface area contributed by atoms with E-state index in [1.54, 1.807) is 6.08 Å². The third kappa shape index (κ3) is 3.01. The van der Waals surface area contributed by atoms with Crippen LogP contribution in [-0.4, -0.2) is 20.5 Å². The van der Waals surface area contributed by atoms with E-state index in [2.05, 4.69) is 15.5 Å².